The summed E-state index contributed by atoms with van der Waals surface area (Å²) in [7, 11) is 0. The number of carbonyl (C=O) groups excluding carboxylic acids is 1. The van der Waals surface area contributed by atoms with Crippen molar-refractivity contribution in [2.24, 2.45) is 5.92 Å². The lowest BCUT2D eigenvalue weighted by atomic mass is 9.99. The molecule has 0 aromatic heterocycles. The Labute approximate surface area is 132 Å². The largest absolute Gasteiger partial charge is 1.00 e. The maximum absolute atomic E-state index is 11.8. The Morgan fingerprint density at radius 2 is 1.90 bits per heavy atom. The molecule has 20 heavy (non-hydrogen) atoms. The first-order chi connectivity index (χ1) is 9.13. The zero-order valence-electron chi connectivity index (χ0n) is 11.7. The molecule has 5 heteroatoms. The van der Waals surface area contributed by atoms with Crippen LogP contribution in [0.25, 0.3) is 0 Å². The number of nitrogens with one attached hydrogen (secondary N) is 1. The molecular weight excluding hydrogens is 295 g/mol. The number of benzene rings is 1. The zero-order chi connectivity index (χ0) is 13.7. The van der Waals surface area contributed by atoms with E-state index in [9.17, 15) is 4.79 Å². The minimum absolute atomic E-state index is 0. The first-order valence-electron chi connectivity index (χ1n) is 6.91. The Morgan fingerprint density at radius 3 is 2.50 bits per heavy atom. The molecule has 0 saturated carbocycles. The van der Waals surface area contributed by atoms with Gasteiger partial charge in [0, 0.05) is 23.7 Å². The molecule has 0 unspecified atom stereocenters. The lowest BCUT2D eigenvalue weighted by Crippen LogP contribution is -3.00. The van der Waals surface area contributed by atoms with E-state index in [1.54, 1.807) is 12.1 Å². The molecular formula is C15H21Cl2N2O-. The maximum Gasteiger partial charge on any atom is 0.225 e. The molecule has 0 spiro atoms. The molecule has 1 aliphatic heterocycles. The second-order valence-corrected chi connectivity index (χ2v) is 5.77. The van der Waals surface area contributed by atoms with Gasteiger partial charge in [-0.2, -0.15) is 0 Å². The molecule has 0 aliphatic carbocycles. The van der Waals surface area contributed by atoms with Gasteiger partial charge in [-0.1, -0.05) is 18.5 Å². The monoisotopic (exact) mass is 315 g/mol. The van der Waals surface area contributed by atoms with Crippen LogP contribution < -0.4 is 17.7 Å². The third-order valence-electron chi connectivity index (χ3n) is 3.66. The van der Waals surface area contributed by atoms with E-state index in [0.717, 1.165) is 31.2 Å². The van der Waals surface area contributed by atoms with Crippen LogP contribution in [0.4, 0.5) is 5.69 Å². The number of carbonyl (C=O) groups is 1. The Kier molecular flexibility index (Phi) is 7.35. The fourth-order valence-corrected chi connectivity index (χ4v) is 2.43. The number of amides is 1. The smallest absolute Gasteiger partial charge is 0.225 e. The van der Waals surface area contributed by atoms with Gasteiger partial charge < -0.3 is 22.6 Å². The highest BCUT2D eigenvalue weighted by Gasteiger charge is 2.16. The van der Waals surface area contributed by atoms with E-state index in [1.165, 1.54) is 12.8 Å². The van der Waals surface area contributed by atoms with Gasteiger partial charge in [0.25, 0.3) is 0 Å². The highest BCUT2D eigenvalue weighted by molar-refractivity contribution is 6.30. The molecule has 3 nitrogen and oxygen atoms in total. The van der Waals surface area contributed by atoms with E-state index < -0.39 is 0 Å². The van der Waals surface area contributed by atoms with E-state index in [-0.39, 0.29) is 18.3 Å². The third kappa shape index (κ3) is 5.70. The maximum atomic E-state index is 11.8. The summed E-state index contributed by atoms with van der Waals surface area (Å²) in [4.78, 5) is 14.2. The van der Waals surface area contributed by atoms with Gasteiger partial charge in [0.2, 0.25) is 5.91 Å². The first kappa shape index (κ1) is 17.3. The summed E-state index contributed by atoms with van der Waals surface area (Å²) in [6.45, 7) is 5.39. The Hall–Kier alpha value is -0.770. The topological polar surface area (TPSA) is 32.3 Å². The van der Waals surface area contributed by atoms with E-state index in [1.807, 2.05) is 12.1 Å². The van der Waals surface area contributed by atoms with Crippen LogP contribution in [-0.4, -0.2) is 30.4 Å². The van der Waals surface area contributed by atoms with Crippen molar-refractivity contribution in [2.45, 2.75) is 26.2 Å². The van der Waals surface area contributed by atoms with Crippen molar-refractivity contribution >= 4 is 23.2 Å². The van der Waals surface area contributed by atoms with Crippen LogP contribution in [0.15, 0.2) is 24.3 Å². The highest BCUT2D eigenvalue weighted by atomic mass is 35.5. The summed E-state index contributed by atoms with van der Waals surface area (Å²) in [6.07, 6.45) is 3.05. The van der Waals surface area contributed by atoms with Gasteiger partial charge in [-0.3, -0.25) is 4.79 Å². The summed E-state index contributed by atoms with van der Waals surface area (Å²) in [5.41, 5.74) is 0.807. The molecule has 1 aromatic rings. The lowest BCUT2D eigenvalue weighted by Gasteiger charge is -2.29. The molecule has 1 heterocycles. The number of anilines is 1. The molecule has 0 bridgehead atoms. The average Bonchev–Trinajstić information content (AvgIpc) is 2.41. The lowest BCUT2D eigenvalue weighted by molar-refractivity contribution is -0.116. The van der Waals surface area contributed by atoms with Gasteiger partial charge in [-0.15, -0.1) is 0 Å². The molecule has 1 N–H and O–H groups in total. The fourth-order valence-electron chi connectivity index (χ4n) is 2.30. The second-order valence-electron chi connectivity index (χ2n) is 5.33. The quantitative estimate of drug-likeness (QED) is 0.872. The molecule has 1 fully saturated rings. The molecule has 1 saturated heterocycles. The van der Waals surface area contributed by atoms with Crippen molar-refractivity contribution in [1.82, 2.24) is 4.90 Å². The molecule has 1 aliphatic rings. The van der Waals surface area contributed by atoms with Crippen LogP contribution in [0.1, 0.15) is 26.2 Å². The minimum Gasteiger partial charge on any atom is -1.00 e. The summed E-state index contributed by atoms with van der Waals surface area (Å²) in [5.74, 6) is 0.903. The molecule has 1 aromatic carbocycles. The van der Waals surface area contributed by atoms with Crippen LogP contribution in [0.5, 0.6) is 0 Å². The van der Waals surface area contributed by atoms with Crippen LogP contribution in [-0.2, 0) is 4.79 Å². The second kappa shape index (κ2) is 8.50. The van der Waals surface area contributed by atoms with Crippen molar-refractivity contribution in [2.75, 3.05) is 25.0 Å². The van der Waals surface area contributed by atoms with Crippen molar-refractivity contribution in [3.8, 4) is 0 Å². The summed E-state index contributed by atoms with van der Waals surface area (Å²) >= 11 is 5.80. The van der Waals surface area contributed by atoms with Crippen molar-refractivity contribution in [3.63, 3.8) is 0 Å². The third-order valence-corrected chi connectivity index (χ3v) is 3.91. The van der Waals surface area contributed by atoms with E-state index in [4.69, 9.17) is 11.6 Å². The van der Waals surface area contributed by atoms with Crippen molar-refractivity contribution in [3.05, 3.63) is 29.3 Å². The molecule has 1 amide bonds. The summed E-state index contributed by atoms with van der Waals surface area (Å²) in [5, 5.41) is 3.57. The van der Waals surface area contributed by atoms with E-state index in [0.29, 0.717) is 11.4 Å². The SMILES string of the molecule is CC1CCN(CCC(=O)Nc2ccc(Cl)cc2)CC1.[Cl-]. The number of halogens is 2. The zero-order valence-corrected chi connectivity index (χ0v) is 13.3. The van der Waals surface area contributed by atoms with Gasteiger partial charge in [0.1, 0.15) is 0 Å². The van der Waals surface area contributed by atoms with Crippen LogP contribution in [0, 0.1) is 5.92 Å². The van der Waals surface area contributed by atoms with Gasteiger partial charge in [0.15, 0.2) is 0 Å². The average molecular weight is 316 g/mol. The molecule has 112 valence electrons. The number of hydrogen-bond acceptors (Lipinski definition) is 2. The minimum atomic E-state index is 0. The van der Waals surface area contributed by atoms with Gasteiger partial charge in [-0.05, 0) is 56.1 Å². The number of nitrogens with zero attached hydrogens (tertiary/aromatic N) is 1. The van der Waals surface area contributed by atoms with Gasteiger partial charge >= 0.3 is 0 Å². The normalized spacial score (nSPS) is 16.5. The van der Waals surface area contributed by atoms with Crippen LogP contribution in [0.3, 0.4) is 0 Å². The Morgan fingerprint density at radius 1 is 1.30 bits per heavy atom. The fraction of sp³-hybridized carbons (Fsp3) is 0.533. The number of rotatable bonds is 4. The Bertz CT molecular complexity index is 414. The predicted octanol–water partition coefficient (Wildman–Crippen LogP) is 0.405. The van der Waals surface area contributed by atoms with E-state index >= 15 is 0 Å². The Balaban J connectivity index is 0.00000200. The van der Waals surface area contributed by atoms with Crippen molar-refractivity contribution < 1.29 is 17.2 Å². The predicted molar refractivity (Wildman–Crippen MR) is 79.5 cm³/mol. The number of piperidine rings is 1. The number of likely N-dealkylation sites (tertiary alicyclic amines) is 1. The summed E-state index contributed by atoms with van der Waals surface area (Å²) in [6, 6.07) is 7.21. The summed E-state index contributed by atoms with van der Waals surface area (Å²) < 4.78 is 0. The van der Waals surface area contributed by atoms with Crippen LogP contribution in [0.2, 0.25) is 5.02 Å². The van der Waals surface area contributed by atoms with Crippen LogP contribution >= 0.6 is 11.6 Å². The van der Waals surface area contributed by atoms with E-state index in [2.05, 4.69) is 17.1 Å². The standard InChI is InChI=1S/C15H21ClN2O.ClH/c1-12-6-9-18(10-7-12)11-8-15(19)17-14-4-2-13(16)3-5-14;/h2-5,12H,6-11H2,1H3,(H,17,19);1H/p-1. The highest BCUT2D eigenvalue weighted by Crippen LogP contribution is 2.16. The number of hydrogen-bond donors (Lipinski definition) is 1. The van der Waals surface area contributed by atoms with Gasteiger partial charge in [-0.25, -0.2) is 0 Å². The van der Waals surface area contributed by atoms with Crippen molar-refractivity contribution in [1.29, 1.82) is 0 Å². The molecule has 2 rings (SSSR count). The first-order valence-corrected chi connectivity index (χ1v) is 7.29. The van der Waals surface area contributed by atoms with Gasteiger partial charge in [0.05, 0.1) is 0 Å². The molecule has 0 atom stereocenters. The molecule has 0 radical (unpaired) electrons.